The van der Waals surface area contributed by atoms with Gasteiger partial charge in [-0.15, -0.1) is 11.8 Å². The van der Waals surface area contributed by atoms with Gasteiger partial charge in [0.05, 0.1) is 5.69 Å². The topological polar surface area (TPSA) is 38.9 Å². The van der Waals surface area contributed by atoms with Crippen LogP contribution in [0.15, 0.2) is 47.6 Å². The van der Waals surface area contributed by atoms with Gasteiger partial charge in [-0.1, -0.05) is 0 Å². The number of aromatic nitrogens is 1. The van der Waals surface area contributed by atoms with Crippen molar-refractivity contribution in [1.82, 2.24) is 4.98 Å². The van der Waals surface area contributed by atoms with Crippen LogP contribution in [0.2, 0.25) is 0 Å². The first-order valence-corrected chi connectivity index (χ1v) is 6.31. The number of nitrogens with zero attached hydrogens (tertiary/aromatic N) is 1. The van der Waals surface area contributed by atoms with Crippen LogP contribution in [0, 0.1) is 5.82 Å². The molecular formula is C13H13FN2S. The second-order valence-corrected chi connectivity index (χ2v) is 4.81. The summed E-state index contributed by atoms with van der Waals surface area (Å²) in [6.45, 7) is 0. The molecule has 4 heteroatoms. The summed E-state index contributed by atoms with van der Waals surface area (Å²) in [5.41, 5.74) is 6.85. The van der Waals surface area contributed by atoms with E-state index in [0.29, 0.717) is 0 Å². The van der Waals surface area contributed by atoms with Crippen LogP contribution < -0.4 is 5.73 Å². The van der Waals surface area contributed by atoms with Crippen molar-refractivity contribution in [1.29, 1.82) is 0 Å². The van der Waals surface area contributed by atoms with Crippen molar-refractivity contribution in [3.63, 3.8) is 0 Å². The number of hydrogen-bond acceptors (Lipinski definition) is 3. The highest BCUT2D eigenvalue weighted by Gasteiger charge is 2.00. The number of hydrogen-bond donors (Lipinski definition) is 1. The average molecular weight is 248 g/mol. The van der Waals surface area contributed by atoms with Crippen LogP contribution in [0.25, 0.3) is 0 Å². The molecule has 1 aromatic heterocycles. The quantitative estimate of drug-likeness (QED) is 0.667. The zero-order chi connectivity index (χ0) is 12.1. The molecule has 2 rings (SSSR count). The van der Waals surface area contributed by atoms with Gasteiger partial charge in [0.25, 0.3) is 0 Å². The van der Waals surface area contributed by atoms with Crippen molar-refractivity contribution in [2.24, 2.45) is 0 Å². The summed E-state index contributed by atoms with van der Waals surface area (Å²) in [4.78, 5) is 4.87. The number of nitrogen functional groups attached to an aromatic ring is 1. The summed E-state index contributed by atoms with van der Waals surface area (Å²) in [5.74, 6) is 0.562. The molecule has 17 heavy (non-hydrogen) atoms. The van der Waals surface area contributed by atoms with Crippen molar-refractivity contribution in [2.45, 2.75) is 11.3 Å². The lowest BCUT2D eigenvalue weighted by molar-refractivity contribution is 0.629. The molecule has 0 bridgehead atoms. The maximum Gasteiger partial charge on any atom is 0.147 e. The van der Waals surface area contributed by atoms with Gasteiger partial charge >= 0.3 is 0 Å². The molecule has 0 fully saturated rings. The predicted molar refractivity (Wildman–Crippen MR) is 69.5 cm³/mol. The highest BCUT2D eigenvalue weighted by atomic mass is 32.2. The third kappa shape index (κ3) is 3.46. The molecule has 0 spiro atoms. The fourth-order valence-corrected chi connectivity index (χ4v) is 2.36. The van der Waals surface area contributed by atoms with Gasteiger partial charge in [0.15, 0.2) is 0 Å². The Bertz CT molecular complexity index is 488. The van der Waals surface area contributed by atoms with Gasteiger partial charge < -0.3 is 5.73 Å². The van der Waals surface area contributed by atoms with E-state index in [2.05, 4.69) is 4.98 Å². The lowest BCUT2D eigenvalue weighted by atomic mass is 10.2. The van der Waals surface area contributed by atoms with Crippen LogP contribution in [-0.4, -0.2) is 10.7 Å². The van der Waals surface area contributed by atoms with Crippen LogP contribution in [0.4, 0.5) is 10.1 Å². The monoisotopic (exact) mass is 248 g/mol. The summed E-state index contributed by atoms with van der Waals surface area (Å²) >= 11 is 1.62. The number of thioether (sulfide) groups is 1. The van der Waals surface area contributed by atoms with Crippen molar-refractivity contribution in [3.05, 3.63) is 54.1 Å². The Morgan fingerprint density at radius 2 is 1.94 bits per heavy atom. The smallest absolute Gasteiger partial charge is 0.147 e. The summed E-state index contributed by atoms with van der Waals surface area (Å²) in [6, 6.07) is 8.90. The van der Waals surface area contributed by atoms with Gasteiger partial charge in [0, 0.05) is 23.0 Å². The Morgan fingerprint density at radius 3 is 2.65 bits per heavy atom. The standard InChI is InChI=1S/C13H13FN2S/c14-12-9-11(1-2-13(12)15)17-8-5-10-3-6-16-7-4-10/h1-4,6-7,9H,5,8,15H2. The third-order valence-corrected chi connectivity index (χ3v) is 3.38. The molecule has 1 aromatic carbocycles. The molecular weight excluding hydrogens is 235 g/mol. The number of anilines is 1. The van der Waals surface area contributed by atoms with Crippen LogP contribution in [0.5, 0.6) is 0 Å². The first-order valence-electron chi connectivity index (χ1n) is 5.32. The fourth-order valence-electron chi connectivity index (χ4n) is 1.43. The van der Waals surface area contributed by atoms with E-state index in [1.165, 1.54) is 11.6 Å². The molecule has 88 valence electrons. The zero-order valence-electron chi connectivity index (χ0n) is 9.27. The molecule has 0 unspecified atom stereocenters. The molecule has 0 aliphatic carbocycles. The van der Waals surface area contributed by atoms with Gasteiger partial charge in [0.1, 0.15) is 5.82 Å². The number of rotatable bonds is 4. The number of halogens is 1. The minimum absolute atomic E-state index is 0.198. The minimum atomic E-state index is -0.348. The van der Waals surface area contributed by atoms with Crippen LogP contribution in [0.1, 0.15) is 5.56 Å². The Morgan fingerprint density at radius 1 is 1.18 bits per heavy atom. The molecule has 0 aliphatic rings. The van der Waals surface area contributed by atoms with E-state index < -0.39 is 0 Å². The number of nitrogens with two attached hydrogens (primary N) is 1. The van der Waals surface area contributed by atoms with Crippen molar-refractivity contribution in [3.8, 4) is 0 Å². The Labute approximate surface area is 104 Å². The molecule has 0 radical (unpaired) electrons. The Balaban J connectivity index is 1.88. The molecule has 0 atom stereocenters. The highest BCUT2D eigenvalue weighted by Crippen LogP contribution is 2.22. The predicted octanol–water partition coefficient (Wildman–Crippen LogP) is 3.14. The molecule has 0 amide bonds. The number of aryl methyl sites for hydroxylation is 1. The summed E-state index contributed by atoms with van der Waals surface area (Å²) in [7, 11) is 0. The van der Waals surface area contributed by atoms with E-state index in [0.717, 1.165) is 17.1 Å². The van der Waals surface area contributed by atoms with Crippen molar-refractivity contribution < 1.29 is 4.39 Å². The lowest BCUT2D eigenvalue weighted by Gasteiger charge is -2.03. The SMILES string of the molecule is Nc1ccc(SCCc2ccncc2)cc1F. The average Bonchev–Trinajstić information content (AvgIpc) is 2.35. The van der Waals surface area contributed by atoms with E-state index in [1.54, 1.807) is 30.2 Å². The highest BCUT2D eigenvalue weighted by molar-refractivity contribution is 7.99. The minimum Gasteiger partial charge on any atom is -0.396 e. The first kappa shape index (κ1) is 11.9. The van der Waals surface area contributed by atoms with Gasteiger partial charge in [-0.2, -0.15) is 0 Å². The maximum absolute atomic E-state index is 13.2. The third-order valence-electron chi connectivity index (χ3n) is 2.38. The number of pyridine rings is 1. The molecule has 1 heterocycles. The van der Waals surface area contributed by atoms with Gasteiger partial charge in [0.2, 0.25) is 0 Å². The number of benzene rings is 1. The Kier molecular flexibility index (Phi) is 3.98. The normalized spacial score (nSPS) is 10.4. The van der Waals surface area contributed by atoms with Crippen molar-refractivity contribution in [2.75, 3.05) is 11.5 Å². The molecule has 2 aromatic rings. The molecule has 2 nitrogen and oxygen atoms in total. The lowest BCUT2D eigenvalue weighted by Crippen LogP contribution is -1.91. The van der Waals surface area contributed by atoms with Crippen LogP contribution >= 0.6 is 11.8 Å². The second-order valence-electron chi connectivity index (χ2n) is 3.64. The van der Waals surface area contributed by atoms with E-state index in [1.807, 2.05) is 18.2 Å². The van der Waals surface area contributed by atoms with Gasteiger partial charge in [-0.3, -0.25) is 4.98 Å². The zero-order valence-corrected chi connectivity index (χ0v) is 10.1. The fraction of sp³-hybridized carbons (Fsp3) is 0.154. The van der Waals surface area contributed by atoms with Crippen LogP contribution in [0.3, 0.4) is 0 Å². The molecule has 2 N–H and O–H groups in total. The second kappa shape index (κ2) is 5.68. The van der Waals surface area contributed by atoms with E-state index >= 15 is 0 Å². The molecule has 0 aliphatic heterocycles. The Hall–Kier alpha value is -1.55. The van der Waals surface area contributed by atoms with Crippen molar-refractivity contribution >= 4 is 17.4 Å². The summed E-state index contributed by atoms with van der Waals surface area (Å²) in [6.07, 6.45) is 4.50. The largest absolute Gasteiger partial charge is 0.396 e. The molecule has 0 saturated carbocycles. The van der Waals surface area contributed by atoms with Crippen LogP contribution in [-0.2, 0) is 6.42 Å². The molecule has 0 saturated heterocycles. The summed E-state index contributed by atoms with van der Waals surface area (Å²) < 4.78 is 13.2. The van der Waals surface area contributed by atoms with E-state index in [-0.39, 0.29) is 11.5 Å². The van der Waals surface area contributed by atoms with Gasteiger partial charge in [-0.05, 0) is 42.3 Å². The van der Waals surface area contributed by atoms with Gasteiger partial charge in [-0.25, -0.2) is 4.39 Å². The van der Waals surface area contributed by atoms with E-state index in [4.69, 9.17) is 5.73 Å². The first-order chi connectivity index (χ1) is 8.25. The van der Waals surface area contributed by atoms with E-state index in [9.17, 15) is 4.39 Å². The maximum atomic E-state index is 13.2. The summed E-state index contributed by atoms with van der Waals surface area (Å²) in [5, 5.41) is 0.